The maximum Gasteiger partial charge on any atom is 0.137 e. The maximum absolute atomic E-state index is 10.4. The quantitative estimate of drug-likeness (QED) is 0.446. The number of rotatable bonds is 8. The lowest BCUT2D eigenvalue weighted by Crippen LogP contribution is -3.00. The van der Waals surface area contributed by atoms with E-state index in [9.17, 15) is 5.11 Å². The topological polar surface area (TPSA) is 29.5 Å². The molecule has 156 valence electrons. The van der Waals surface area contributed by atoms with E-state index >= 15 is 0 Å². The zero-order valence-corrected chi connectivity index (χ0v) is 20.4. The number of halogens is 1. The summed E-state index contributed by atoms with van der Waals surface area (Å²) < 4.78 is 6.92. The number of quaternary nitrogens is 1. The van der Waals surface area contributed by atoms with Gasteiger partial charge in [0, 0.05) is 12.8 Å². The molecule has 1 aliphatic rings. The van der Waals surface area contributed by atoms with Crippen LogP contribution in [-0.2, 0) is 5.41 Å². The van der Waals surface area contributed by atoms with E-state index in [1.165, 1.54) is 31.5 Å². The third-order valence-electron chi connectivity index (χ3n) is 5.83. The van der Waals surface area contributed by atoms with Gasteiger partial charge in [-0.05, 0) is 41.9 Å². The van der Waals surface area contributed by atoms with Gasteiger partial charge in [-0.2, -0.15) is 0 Å². The molecule has 1 N–H and O–H groups in total. The van der Waals surface area contributed by atoms with Crippen LogP contribution in [0.4, 0.5) is 0 Å². The Morgan fingerprint density at radius 1 is 1.04 bits per heavy atom. The van der Waals surface area contributed by atoms with E-state index < -0.39 is 6.10 Å². The van der Waals surface area contributed by atoms with Crippen LogP contribution in [0.25, 0.3) is 0 Å². The van der Waals surface area contributed by atoms with Gasteiger partial charge >= 0.3 is 0 Å². The van der Waals surface area contributed by atoms with Crippen molar-refractivity contribution in [2.24, 2.45) is 5.41 Å². The molecule has 1 unspecified atom stereocenters. The van der Waals surface area contributed by atoms with E-state index in [1.54, 1.807) is 0 Å². The number of ether oxygens (including phenoxy) is 1. The Morgan fingerprint density at radius 3 is 2.07 bits per heavy atom. The van der Waals surface area contributed by atoms with Gasteiger partial charge in [-0.3, -0.25) is 0 Å². The summed E-state index contributed by atoms with van der Waals surface area (Å²) in [6, 6.07) is 8.45. The Hall–Kier alpha value is -0.330. The zero-order valence-electron chi connectivity index (χ0n) is 18.2. The summed E-state index contributed by atoms with van der Waals surface area (Å²) in [6.45, 7) is 18.4. The Kier molecular flexibility index (Phi) is 9.08. The third-order valence-corrected chi connectivity index (χ3v) is 5.83. The van der Waals surface area contributed by atoms with Crippen molar-refractivity contribution < 1.29 is 38.3 Å². The molecule has 0 aromatic heterocycles. The number of nitrogens with zero attached hydrogens (tertiary/aromatic N) is 1. The first-order valence-electron chi connectivity index (χ1n) is 10.3. The average Bonchev–Trinajstić information content (AvgIpc) is 3.00. The Bertz CT molecular complexity index is 557. The average molecular weight is 489 g/mol. The number of benzene rings is 1. The second kappa shape index (κ2) is 9.93. The second-order valence-electron chi connectivity index (χ2n) is 10.1. The molecule has 1 saturated heterocycles. The molecule has 3 nitrogen and oxygen atoms in total. The highest BCUT2D eigenvalue weighted by atomic mass is 127. The molecule has 0 spiro atoms. The van der Waals surface area contributed by atoms with Crippen molar-refractivity contribution in [1.29, 1.82) is 0 Å². The van der Waals surface area contributed by atoms with Gasteiger partial charge in [-0.1, -0.05) is 46.8 Å². The molecule has 2 rings (SSSR count). The number of hydrogen-bond donors (Lipinski definition) is 1. The second-order valence-corrected chi connectivity index (χ2v) is 10.1. The van der Waals surface area contributed by atoms with Crippen molar-refractivity contribution in [2.75, 3.05) is 32.8 Å². The van der Waals surface area contributed by atoms with Crippen LogP contribution in [-0.4, -0.2) is 48.5 Å². The molecule has 0 saturated carbocycles. The predicted octanol–water partition coefficient (Wildman–Crippen LogP) is 1.77. The molecule has 1 aliphatic heterocycles. The monoisotopic (exact) mass is 489 g/mol. The maximum atomic E-state index is 10.4. The van der Waals surface area contributed by atoms with Gasteiger partial charge in [-0.25, -0.2) is 0 Å². The molecular weight excluding hydrogens is 449 g/mol. The minimum absolute atomic E-state index is 0. The van der Waals surface area contributed by atoms with Gasteiger partial charge in [0.25, 0.3) is 0 Å². The van der Waals surface area contributed by atoms with E-state index in [1.807, 2.05) is 12.1 Å². The lowest BCUT2D eigenvalue weighted by Gasteiger charge is -2.34. The number of aliphatic hydroxyl groups excluding tert-OH is 1. The van der Waals surface area contributed by atoms with Crippen molar-refractivity contribution in [3.63, 3.8) is 0 Å². The highest BCUT2D eigenvalue weighted by Crippen LogP contribution is 2.36. The molecular formula is C23H40INO2. The Labute approximate surface area is 184 Å². The van der Waals surface area contributed by atoms with Gasteiger partial charge in [0.1, 0.15) is 25.0 Å². The van der Waals surface area contributed by atoms with E-state index in [2.05, 4.69) is 53.7 Å². The standard InChI is InChI=1S/C23H40NO2.HI/c1-7-24(14-8-9-15-24)16-20(25)17-26-21-12-10-19(11-13-21)23(5,6)18-22(2,3)4;/h10-13,20,25H,7-9,14-18H2,1-6H3;1H/q+1;/p-1. The predicted molar refractivity (Wildman–Crippen MR) is 110 cm³/mol. The molecule has 4 heteroatoms. The molecule has 0 radical (unpaired) electrons. The SMILES string of the molecule is CC[N+]1(CC(O)COc2ccc(C(C)(C)CC(C)(C)C)cc2)CCCC1.[I-]. The lowest BCUT2D eigenvalue weighted by molar-refractivity contribution is -0.917. The van der Waals surface area contributed by atoms with Crippen LogP contribution in [0.3, 0.4) is 0 Å². The molecule has 1 heterocycles. The van der Waals surface area contributed by atoms with Crippen LogP contribution < -0.4 is 28.7 Å². The summed E-state index contributed by atoms with van der Waals surface area (Å²) in [5, 5.41) is 10.4. The first kappa shape index (κ1) is 24.7. The van der Waals surface area contributed by atoms with Crippen LogP contribution in [0.1, 0.15) is 66.4 Å². The van der Waals surface area contributed by atoms with E-state index in [0.717, 1.165) is 29.7 Å². The largest absolute Gasteiger partial charge is 1.00 e. The van der Waals surface area contributed by atoms with Crippen LogP contribution in [0.15, 0.2) is 24.3 Å². The van der Waals surface area contributed by atoms with Gasteiger partial charge < -0.3 is 38.3 Å². The third kappa shape index (κ3) is 7.54. The smallest absolute Gasteiger partial charge is 0.137 e. The minimum Gasteiger partial charge on any atom is -1.00 e. The highest BCUT2D eigenvalue weighted by molar-refractivity contribution is 5.31. The Balaban J connectivity index is 0.00000364. The summed E-state index contributed by atoms with van der Waals surface area (Å²) in [7, 11) is 0. The number of aliphatic hydroxyl groups is 1. The first-order valence-corrected chi connectivity index (χ1v) is 10.3. The fourth-order valence-corrected chi connectivity index (χ4v) is 4.76. The van der Waals surface area contributed by atoms with Crippen molar-refractivity contribution >= 4 is 0 Å². The molecule has 1 aromatic carbocycles. The van der Waals surface area contributed by atoms with Crippen LogP contribution >= 0.6 is 0 Å². The molecule has 1 fully saturated rings. The van der Waals surface area contributed by atoms with Gasteiger partial charge in [-0.15, -0.1) is 0 Å². The summed E-state index contributed by atoms with van der Waals surface area (Å²) in [4.78, 5) is 0. The van der Waals surface area contributed by atoms with Crippen molar-refractivity contribution in [3.05, 3.63) is 29.8 Å². The number of likely N-dealkylation sites (tertiary alicyclic amines) is 1. The fraction of sp³-hybridized carbons (Fsp3) is 0.739. The van der Waals surface area contributed by atoms with Gasteiger partial charge in [0.2, 0.25) is 0 Å². The summed E-state index contributed by atoms with van der Waals surface area (Å²) in [5.74, 6) is 0.851. The number of hydrogen-bond acceptors (Lipinski definition) is 2. The summed E-state index contributed by atoms with van der Waals surface area (Å²) in [5.41, 5.74) is 1.79. The molecule has 1 aromatic rings. The van der Waals surface area contributed by atoms with Crippen molar-refractivity contribution in [1.82, 2.24) is 0 Å². The highest BCUT2D eigenvalue weighted by Gasteiger charge is 2.32. The van der Waals surface area contributed by atoms with Gasteiger partial charge in [0.05, 0.1) is 19.6 Å². The minimum atomic E-state index is -0.398. The van der Waals surface area contributed by atoms with E-state index in [4.69, 9.17) is 4.74 Å². The van der Waals surface area contributed by atoms with Crippen LogP contribution in [0, 0.1) is 5.41 Å². The lowest BCUT2D eigenvalue weighted by atomic mass is 9.72. The van der Waals surface area contributed by atoms with Crippen molar-refractivity contribution in [2.45, 2.75) is 72.3 Å². The van der Waals surface area contributed by atoms with Crippen LogP contribution in [0.2, 0.25) is 0 Å². The van der Waals surface area contributed by atoms with Crippen molar-refractivity contribution in [3.8, 4) is 5.75 Å². The summed E-state index contributed by atoms with van der Waals surface area (Å²) >= 11 is 0. The van der Waals surface area contributed by atoms with E-state index in [0.29, 0.717) is 12.0 Å². The molecule has 0 aliphatic carbocycles. The number of likely N-dealkylation sites (N-methyl/N-ethyl adjacent to an activating group) is 1. The molecule has 0 bridgehead atoms. The zero-order chi connectivity index (χ0) is 19.4. The first-order chi connectivity index (χ1) is 12.1. The normalized spacial score (nSPS) is 18.0. The van der Waals surface area contributed by atoms with E-state index in [-0.39, 0.29) is 29.4 Å². The summed E-state index contributed by atoms with van der Waals surface area (Å²) in [6.07, 6.45) is 3.31. The molecule has 1 atom stereocenters. The van der Waals surface area contributed by atoms with Gasteiger partial charge in [0.15, 0.2) is 0 Å². The molecule has 0 amide bonds. The fourth-order valence-electron chi connectivity index (χ4n) is 4.76. The Morgan fingerprint density at radius 2 is 1.59 bits per heavy atom. The van der Waals surface area contributed by atoms with Crippen LogP contribution in [0.5, 0.6) is 5.75 Å². The molecule has 27 heavy (non-hydrogen) atoms.